The van der Waals surface area contributed by atoms with Crippen LogP contribution in [0.2, 0.25) is 5.02 Å². The fourth-order valence-electron chi connectivity index (χ4n) is 1.81. The summed E-state index contributed by atoms with van der Waals surface area (Å²) in [5, 5.41) is 7.21. The molecule has 1 aromatic heterocycles. The maximum atomic E-state index is 13.1. The number of nitrogens with one attached hydrogen (secondary N) is 1. The summed E-state index contributed by atoms with van der Waals surface area (Å²) in [5.74, 6) is -0.0795. The molecular weight excluding hydrogens is 281 g/mol. The minimum absolute atomic E-state index is 0.120. The third-order valence-electron chi connectivity index (χ3n) is 2.69. The molecule has 0 unspecified atom stereocenters. The molecule has 106 valence electrons. The molecule has 0 bridgehead atoms. The van der Waals surface area contributed by atoms with Crippen molar-refractivity contribution in [1.82, 2.24) is 9.78 Å². The van der Waals surface area contributed by atoms with Gasteiger partial charge in [-0.15, -0.1) is 0 Å². The van der Waals surface area contributed by atoms with Crippen molar-refractivity contribution in [3.63, 3.8) is 0 Å². The lowest BCUT2D eigenvalue weighted by Crippen LogP contribution is -2.12. The maximum absolute atomic E-state index is 13.1. The molecular formula is C14H15ClFN3O. The fraction of sp³-hybridized carbons (Fsp3) is 0.286. The summed E-state index contributed by atoms with van der Waals surface area (Å²) >= 11 is 6.01. The van der Waals surface area contributed by atoms with Gasteiger partial charge in [-0.2, -0.15) is 5.10 Å². The molecule has 0 aliphatic carbocycles. The number of hydrogen-bond donors (Lipinski definition) is 1. The molecule has 6 heteroatoms. The first kappa shape index (κ1) is 14.5. The van der Waals surface area contributed by atoms with Gasteiger partial charge in [0.2, 0.25) is 5.91 Å². The van der Waals surface area contributed by atoms with Crippen LogP contribution in [-0.4, -0.2) is 15.7 Å². The van der Waals surface area contributed by atoms with Gasteiger partial charge >= 0.3 is 0 Å². The van der Waals surface area contributed by atoms with E-state index in [0.717, 1.165) is 12.0 Å². The number of carbonyl (C=O) groups is 1. The number of nitrogens with zero attached hydrogens (tertiary/aromatic N) is 2. The molecule has 1 aromatic carbocycles. The first-order chi connectivity index (χ1) is 9.58. The molecule has 0 aliphatic rings. The van der Waals surface area contributed by atoms with Gasteiger partial charge in [0.05, 0.1) is 6.54 Å². The number of hydrogen-bond acceptors (Lipinski definition) is 2. The fourth-order valence-corrected chi connectivity index (χ4v) is 2.00. The Morgan fingerprint density at radius 1 is 1.50 bits per heavy atom. The van der Waals surface area contributed by atoms with Gasteiger partial charge in [0.25, 0.3) is 0 Å². The van der Waals surface area contributed by atoms with Crippen molar-refractivity contribution in [3.05, 3.63) is 46.9 Å². The number of benzene rings is 1. The van der Waals surface area contributed by atoms with Gasteiger partial charge in [-0.3, -0.25) is 9.48 Å². The molecule has 0 saturated carbocycles. The van der Waals surface area contributed by atoms with E-state index >= 15 is 0 Å². The van der Waals surface area contributed by atoms with Crippen LogP contribution in [0.3, 0.4) is 0 Å². The van der Waals surface area contributed by atoms with Crippen molar-refractivity contribution in [3.8, 4) is 0 Å². The summed E-state index contributed by atoms with van der Waals surface area (Å²) in [7, 11) is 0. The van der Waals surface area contributed by atoms with Crippen molar-refractivity contribution in [2.45, 2.75) is 26.3 Å². The number of rotatable bonds is 5. The molecule has 20 heavy (non-hydrogen) atoms. The Morgan fingerprint density at radius 3 is 3.00 bits per heavy atom. The molecule has 0 radical (unpaired) electrons. The Labute approximate surface area is 121 Å². The normalized spacial score (nSPS) is 10.6. The van der Waals surface area contributed by atoms with Crippen LogP contribution >= 0.6 is 11.6 Å². The number of anilines is 1. The monoisotopic (exact) mass is 295 g/mol. The molecule has 1 heterocycles. The van der Waals surface area contributed by atoms with Gasteiger partial charge in [-0.05, 0) is 24.1 Å². The van der Waals surface area contributed by atoms with Crippen LogP contribution < -0.4 is 5.32 Å². The Kier molecular flexibility index (Phi) is 4.74. The Morgan fingerprint density at radius 2 is 2.30 bits per heavy atom. The van der Waals surface area contributed by atoms with Crippen LogP contribution in [-0.2, 0) is 11.3 Å². The van der Waals surface area contributed by atoms with Crippen molar-refractivity contribution in [2.75, 3.05) is 5.32 Å². The van der Waals surface area contributed by atoms with Crippen molar-refractivity contribution in [1.29, 1.82) is 0 Å². The molecule has 0 spiro atoms. The van der Waals surface area contributed by atoms with E-state index in [1.807, 2.05) is 6.92 Å². The number of halogens is 2. The number of carbonyl (C=O) groups excluding carboxylic acids is 1. The van der Waals surface area contributed by atoms with Gasteiger partial charge in [-0.1, -0.05) is 30.7 Å². The largest absolute Gasteiger partial charge is 0.308 e. The van der Waals surface area contributed by atoms with E-state index < -0.39 is 0 Å². The van der Waals surface area contributed by atoms with E-state index in [4.69, 9.17) is 11.6 Å². The standard InChI is InChI=1S/C14H15ClFN3O/c1-2-4-13(20)17-14-12(15)9-19(18-14)8-10-5-3-6-11(16)7-10/h3,5-7,9H,2,4,8H2,1H3,(H,17,18,20). The summed E-state index contributed by atoms with van der Waals surface area (Å²) < 4.78 is 14.7. The second-order valence-electron chi connectivity index (χ2n) is 4.45. The van der Waals surface area contributed by atoms with E-state index in [9.17, 15) is 9.18 Å². The molecule has 0 atom stereocenters. The quantitative estimate of drug-likeness (QED) is 0.918. The highest BCUT2D eigenvalue weighted by Crippen LogP contribution is 2.20. The maximum Gasteiger partial charge on any atom is 0.225 e. The topological polar surface area (TPSA) is 46.9 Å². The van der Waals surface area contributed by atoms with Gasteiger partial charge < -0.3 is 5.32 Å². The lowest BCUT2D eigenvalue weighted by Gasteiger charge is -2.02. The lowest BCUT2D eigenvalue weighted by atomic mass is 10.2. The van der Waals surface area contributed by atoms with Crippen LogP contribution in [0.5, 0.6) is 0 Å². The molecule has 0 aliphatic heterocycles. The minimum Gasteiger partial charge on any atom is -0.308 e. The van der Waals surface area contributed by atoms with E-state index in [0.29, 0.717) is 23.8 Å². The second kappa shape index (κ2) is 6.52. The van der Waals surface area contributed by atoms with Crippen LogP contribution in [0.1, 0.15) is 25.3 Å². The molecule has 1 N–H and O–H groups in total. The zero-order chi connectivity index (χ0) is 14.5. The highest BCUT2D eigenvalue weighted by molar-refractivity contribution is 6.33. The van der Waals surface area contributed by atoms with Crippen LogP contribution in [0, 0.1) is 5.82 Å². The van der Waals surface area contributed by atoms with Crippen LogP contribution in [0.25, 0.3) is 0 Å². The Hall–Kier alpha value is -1.88. The third kappa shape index (κ3) is 3.81. The molecule has 1 amide bonds. The highest BCUT2D eigenvalue weighted by Gasteiger charge is 2.10. The first-order valence-corrected chi connectivity index (χ1v) is 6.73. The summed E-state index contributed by atoms with van der Waals surface area (Å²) in [6.07, 6.45) is 2.79. The van der Waals surface area contributed by atoms with E-state index in [1.165, 1.54) is 12.1 Å². The molecule has 2 rings (SSSR count). The predicted octanol–water partition coefficient (Wildman–Crippen LogP) is 3.46. The SMILES string of the molecule is CCCC(=O)Nc1nn(Cc2cccc(F)c2)cc1Cl. The van der Waals surface area contributed by atoms with Crippen molar-refractivity contribution in [2.24, 2.45) is 0 Å². The van der Waals surface area contributed by atoms with Crippen LogP contribution in [0.15, 0.2) is 30.5 Å². The van der Waals surface area contributed by atoms with E-state index in [2.05, 4.69) is 10.4 Å². The zero-order valence-electron chi connectivity index (χ0n) is 11.1. The first-order valence-electron chi connectivity index (χ1n) is 6.35. The smallest absolute Gasteiger partial charge is 0.225 e. The second-order valence-corrected chi connectivity index (χ2v) is 4.86. The lowest BCUT2D eigenvalue weighted by molar-refractivity contribution is -0.116. The third-order valence-corrected chi connectivity index (χ3v) is 2.96. The van der Waals surface area contributed by atoms with Gasteiger partial charge in [0.15, 0.2) is 5.82 Å². The summed E-state index contributed by atoms with van der Waals surface area (Å²) in [5.41, 5.74) is 0.774. The summed E-state index contributed by atoms with van der Waals surface area (Å²) in [6, 6.07) is 6.26. The van der Waals surface area contributed by atoms with Gasteiger partial charge in [0.1, 0.15) is 10.8 Å². The average Bonchev–Trinajstić information content (AvgIpc) is 2.69. The van der Waals surface area contributed by atoms with Crippen molar-refractivity contribution < 1.29 is 9.18 Å². The average molecular weight is 296 g/mol. The number of aromatic nitrogens is 2. The summed E-state index contributed by atoms with van der Waals surface area (Å²) in [6.45, 7) is 2.31. The van der Waals surface area contributed by atoms with Gasteiger partial charge in [-0.25, -0.2) is 4.39 Å². The van der Waals surface area contributed by atoms with E-state index in [-0.39, 0.29) is 11.7 Å². The zero-order valence-corrected chi connectivity index (χ0v) is 11.8. The van der Waals surface area contributed by atoms with Crippen molar-refractivity contribution >= 4 is 23.3 Å². The number of amides is 1. The summed E-state index contributed by atoms with van der Waals surface area (Å²) in [4.78, 5) is 11.5. The molecule has 0 saturated heterocycles. The Bertz CT molecular complexity index is 612. The predicted molar refractivity (Wildman–Crippen MR) is 76.3 cm³/mol. The highest BCUT2D eigenvalue weighted by atomic mass is 35.5. The molecule has 0 fully saturated rings. The van der Waals surface area contributed by atoms with Crippen LogP contribution in [0.4, 0.5) is 10.2 Å². The van der Waals surface area contributed by atoms with E-state index in [1.54, 1.807) is 23.0 Å². The molecule has 4 nitrogen and oxygen atoms in total. The van der Waals surface area contributed by atoms with Gasteiger partial charge in [0, 0.05) is 12.6 Å². The minimum atomic E-state index is -0.294. The molecule has 2 aromatic rings. The Balaban J connectivity index is 2.09.